The Balaban J connectivity index is 1.15. The van der Waals surface area contributed by atoms with Crippen LogP contribution in [-0.2, 0) is 17.9 Å². The topological polar surface area (TPSA) is 79.4 Å². The largest absolute Gasteiger partial charge is 0.496 e. The van der Waals surface area contributed by atoms with Crippen LogP contribution in [0.4, 0.5) is 0 Å². The number of rotatable bonds is 10. The van der Waals surface area contributed by atoms with Crippen LogP contribution in [0.3, 0.4) is 0 Å². The number of carbonyl (C=O) groups excluding carboxylic acids is 1. The van der Waals surface area contributed by atoms with Crippen LogP contribution in [0.5, 0.6) is 5.75 Å². The number of nitrogens with one attached hydrogen (secondary N) is 2. The highest BCUT2D eigenvalue weighted by Crippen LogP contribution is 2.21. The first-order valence-corrected chi connectivity index (χ1v) is 12.8. The highest BCUT2D eigenvalue weighted by molar-refractivity contribution is 7.71. The van der Waals surface area contributed by atoms with Crippen molar-refractivity contribution in [2.75, 3.05) is 20.2 Å². The molecule has 0 saturated carbocycles. The predicted molar refractivity (Wildman–Crippen MR) is 141 cm³/mol. The Morgan fingerprint density at radius 3 is 2.63 bits per heavy atom. The summed E-state index contributed by atoms with van der Waals surface area (Å²) in [7, 11) is 1.71. The average molecular weight is 495 g/mol. The molecule has 1 fully saturated rings. The Kier molecular flexibility index (Phi) is 8.71. The summed E-state index contributed by atoms with van der Waals surface area (Å²) < 4.78 is 7.53. The third-order valence-corrected chi connectivity index (χ3v) is 7.04. The van der Waals surface area contributed by atoms with Gasteiger partial charge in [-0.25, -0.2) is 0 Å². The van der Waals surface area contributed by atoms with Crippen molar-refractivity contribution in [2.24, 2.45) is 0 Å². The van der Waals surface area contributed by atoms with Crippen molar-refractivity contribution in [3.05, 3.63) is 69.2 Å². The van der Waals surface area contributed by atoms with Gasteiger partial charge in [0.15, 0.2) is 4.77 Å². The summed E-state index contributed by atoms with van der Waals surface area (Å²) in [6, 6.07) is 15.8. The molecule has 7 nitrogen and oxygen atoms in total. The number of H-pyrrole nitrogens is 1. The SMILES string of the molecule is COc1ccccc1CN1CCC(NC(=O)CCCCCn2c(=S)[nH]c3ccccc3c2=O)CC1. The summed E-state index contributed by atoms with van der Waals surface area (Å²) in [4.78, 5) is 30.7. The lowest BCUT2D eigenvalue weighted by atomic mass is 10.0. The van der Waals surface area contributed by atoms with Crippen molar-refractivity contribution in [2.45, 2.75) is 57.7 Å². The molecule has 1 aliphatic heterocycles. The second-order valence-corrected chi connectivity index (χ2v) is 9.56. The van der Waals surface area contributed by atoms with Gasteiger partial charge in [-0.2, -0.15) is 0 Å². The normalized spacial score (nSPS) is 14.8. The first-order chi connectivity index (χ1) is 17.0. The average Bonchev–Trinajstić information content (AvgIpc) is 2.87. The van der Waals surface area contributed by atoms with Gasteiger partial charge in [-0.15, -0.1) is 0 Å². The molecule has 35 heavy (non-hydrogen) atoms. The number of ether oxygens (including phenoxy) is 1. The number of likely N-dealkylation sites (tertiary alicyclic amines) is 1. The van der Waals surface area contributed by atoms with E-state index in [0.29, 0.717) is 23.1 Å². The zero-order valence-corrected chi connectivity index (χ0v) is 21.1. The van der Waals surface area contributed by atoms with Crippen molar-refractivity contribution >= 4 is 29.0 Å². The lowest BCUT2D eigenvalue weighted by molar-refractivity contribution is -0.122. The van der Waals surface area contributed by atoms with Crippen LogP contribution >= 0.6 is 12.2 Å². The molecule has 0 radical (unpaired) electrons. The van der Waals surface area contributed by atoms with E-state index < -0.39 is 0 Å². The van der Waals surface area contributed by atoms with E-state index in [1.54, 1.807) is 11.7 Å². The van der Waals surface area contributed by atoms with E-state index in [1.165, 1.54) is 5.56 Å². The van der Waals surface area contributed by atoms with Crippen LogP contribution in [0.2, 0.25) is 0 Å². The number of benzene rings is 2. The maximum Gasteiger partial charge on any atom is 0.262 e. The Hall–Kier alpha value is -2.97. The molecular formula is C27H34N4O3S. The molecule has 1 aromatic heterocycles. The van der Waals surface area contributed by atoms with Gasteiger partial charge >= 0.3 is 0 Å². The van der Waals surface area contributed by atoms with Gasteiger partial charge in [0.05, 0.1) is 18.0 Å². The molecule has 1 aliphatic rings. The molecular weight excluding hydrogens is 460 g/mol. The van der Waals surface area contributed by atoms with Crippen LogP contribution < -0.4 is 15.6 Å². The van der Waals surface area contributed by atoms with Crippen molar-refractivity contribution < 1.29 is 9.53 Å². The molecule has 0 atom stereocenters. The fourth-order valence-electron chi connectivity index (χ4n) is 4.74. The van der Waals surface area contributed by atoms with Gasteiger partial charge in [0.1, 0.15) is 5.75 Å². The number of nitrogens with zero attached hydrogens (tertiary/aromatic N) is 2. The zero-order chi connectivity index (χ0) is 24.6. The number of para-hydroxylation sites is 2. The number of piperidine rings is 1. The van der Waals surface area contributed by atoms with Crippen molar-refractivity contribution in [3.8, 4) is 5.75 Å². The van der Waals surface area contributed by atoms with Crippen LogP contribution in [-0.4, -0.2) is 46.6 Å². The molecule has 1 saturated heterocycles. The molecule has 0 bridgehead atoms. The number of carbonyl (C=O) groups is 1. The van der Waals surface area contributed by atoms with Crippen LogP contribution in [0.1, 0.15) is 44.1 Å². The quantitative estimate of drug-likeness (QED) is 0.322. The number of aromatic amines is 1. The summed E-state index contributed by atoms with van der Waals surface area (Å²) >= 11 is 5.37. The Labute approximate surface area is 211 Å². The molecule has 2 N–H and O–H groups in total. The van der Waals surface area contributed by atoms with Gasteiger partial charge in [-0.3, -0.25) is 19.1 Å². The monoisotopic (exact) mass is 494 g/mol. The summed E-state index contributed by atoms with van der Waals surface area (Å²) in [5, 5.41) is 3.85. The molecule has 0 unspecified atom stereocenters. The molecule has 0 aliphatic carbocycles. The number of methoxy groups -OCH3 is 1. The van der Waals surface area contributed by atoms with Gasteiger partial charge in [0.2, 0.25) is 5.91 Å². The Morgan fingerprint density at radius 1 is 1.09 bits per heavy atom. The molecule has 0 spiro atoms. The number of aromatic nitrogens is 2. The lowest BCUT2D eigenvalue weighted by Crippen LogP contribution is -2.44. The predicted octanol–water partition coefficient (Wildman–Crippen LogP) is 4.41. The molecule has 2 aromatic carbocycles. The zero-order valence-electron chi connectivity index (χ0n) is 20.3. The smallest absolute Gasteiger partial charge is 0.262 e. The van der Waals surface area contributed by atoms with Crippen LogP contribution in [0, 0.1) is 4.77 Å². The van der Waals surface area contributed by atoms with Crippen molar-refractivity contribution in [1.82, 2.24) is 19.8 Å². The van der Waals surface area contributed by atoms with E-state index in [-0.39, 0.29) is 17.5 Å². The van der Waals surface area contributed by atoms with Crippen LogP contribution in [0.15, 0.2) is 53.3 Å². The molecule has 8 heteroatoms. The number of hydrogen-bond acceptors (Lipinski definition) is 5. The highest BCUT2D eigenvalue weighted by atomic mass is 32.1. The van der Waals surface area contributed by atoms with E-state index in [4.69, 9.17) is 17.0 Å². The minimum atomic E-state index is -0.0563. The van der Waals surface area contributed by atoms with Gasteiger partial charge in [0, 0.05) is 44.2 Å². The maximum absolute atomic E-state index is 12.7. The minimum absolute atomic E-state index is 0.0563. The Morgan fingerprint density at radius 2 is 1.83 bits per heavy atom. The minimum Gasteiger partial charge on any atom is -0.496 e. The number of hydrogen-bond donors (Lipinski definition) is 2. The van der Waals surface area contributed by atoms with E-state index in [9.17, 15) is 9.59 Å². The summed E-state index contributed by atoms with van der Waals surface area (Å²) in [5.41, 5.74) is 1.91. The fourth-order valence-corrected chi connectivity index (χ4v) is 5.03. The number of amides is 1. The summed E-state index contributed by atoms with van der Waals surface area (Å²) in [6.07, 6.45) is 4.93. The second-order valence-electron chi connectivity index (χ2n) is 9.17. The lowest BCUT2D eigenvalue weighted by Gasteiger charge is -2.32. The fraction of sp³-hybridized carbons (Fsp3) is 0.444. The first-order valence-electron chi connectivity index (χ1n) is 12.4. The molecule has 3 aromatic rings. The maximum atomic E-state index is 12.7. The van der Waals surface area contributed by atoms with Gasteiger partial charge in [0.25, 0.3) is 5.56 Å². The van der Waals surface area contributed by atoms with Crippen molar-refractivity contribution in [1.29, 1.82) is 0 Å². The van der Waals surface area contributed by atoms with Gasteiger partial charge < -0.3 is 15.0 Å². The summed E-state index contributed by atoms with van der Waals surface area (Å²) in [5.74, 6) is 1.05. The van der Waals surface area contributed by atoms with Gasteiger partial charge in [-0.05, 0) is 56.1 Å². The van der Waals surface area contributed by atoms with Crippen molar-refractivity contribution in [3.63, 3.8) is 0 Å². The summed E-state index contributed by atoms with van der Waals surface area (Å²) in [6.45, 7) is 3.36. The highest BCUT2D eigenvalue weighted by Gasteiger charge is 2.21. The van der Waals surface area contributed by atoms with Crippen LogP contribution in [0.25, 0.3) is 10.9 Å². The third kappa shape index (κ3) is 6.58. The van der Waals surface area contributed by atoms with E-state index >= 15 is 0 Å². The van der Waals surface area contributed by atoms with Gasteiger partial charge in [-0.1, -0.05) is 36.8 Å². The number of fused-ring (bicyclic) bond motifs is 1. The molecule has 4 rings (SSSR count). The van der Waals surface area contributed by atoms with E-state index in [2.05, 4.69) is 21.3 Å². The Bertz CT molecular complexity index is 1260. The first kappa shape index (κ1) is 25.1. The van der Waals surface area contributed by atoms with E-state index in [0.717, 1.165) is 63.0 Å². The standard InChI is InChI=1S/C27H34N4O3S/c1-34-24-12-7-4-9-20(24)19-30-17-14-21(15-18-30)28-25(32)13-3-2-8-16-31-26(33)22-10-5-6-11-23(22)29-27(31)35/h4-7,9-12,21H,2-3,8,13-19H2,1H3,(H,28,32)(H,29,35). The van der Waals surface area contributed by atoms with E-state index in [1.807, 2.05) is 42.5 Å². The second kappa shape index (κ2) is 12.1. The number of unbranched alkanes of at least 4 members (excludes halogenated alkanes) is 2. The third-order valence-electron chi connectivity index (χ3n) is 6.71. The molecule has 186 valence electrons. The molecule has 1 amide bonds. The molecule has 2 heterocycles.